The monoisotopic (exact) mass is 375 g/mol. The Hall–Kier alpha value is -2.28. The van der Waals surface area contributed by atoms with Crippen LogP contribution >= 0.6 is 0 Å². The fourth-order valence-electron chi connectivity index (χ4n) is 4.44. The zero-order valence-electron chi connectivity index (χ0n) is 15.4. The number of amides is 1. The van der Waals surface area contributed by atoms with Crippen LogP contribution in [0.4, 0.5) is 8.78 Å². The molecule has 5 nitrogen and oxygen atoms in total. The van der Waals surface area contributed by atoms with Crippen LogP contribution in [0.1, 0.15) is 41.1 Å². The second-order valence-electron chi connectivity index (χ2n) is 7.80. The molecular weight excluding hydrogens is 352 g/mol. The van der Waals surface area contributed by atoms with Gasteiger partial charge in [-0.2, -0.15) is 0 Å². The number of carbonyl (C=O) groups excluding carboxylic acids is 1. The molecule has 1 atom stereocenters. The maximum absolute atomic E-state index is 13.5. The first kappa shape index (κ1) is 18.1. The highest BCUT2D eigenvalue weighted by molar-refractivity contribution is 5.93. The highest BCUT2D eigenvalue weighted by Crippen LogP contribution is 2.39. The molecule has 0 N–H and O–H groups in total. The summed E-state index contributed by atoms with van der Waals surface area (Å²) in [7, 11) is 0. The van der Waals surface area contributed by atoms with E-state index in [0.29, 0.717) is 31.1 Å². The average molecular weight is 375 g/mol. The molecule has 7 heteroatoms. The molecule has 4 rings (SSSR count). The first-order chi connectivity index (χ1) is 13.0. The van der Waals surface area contributed by atoms with E-state index < -0.39 is 11.6 Å². The summed E-state index contributed by atoms with van der Waals surface area (Å²) in [5.41, 5.74) is 1.22. The fourth-order valence-corrected chi connectivity index (χ4v) is 4.44. The van der Waals surface area contributed by atoms with Gasteiger partial charge in [-0.25, -0.2) is 13.8 Å². The highest BCUT2D eigenvalue weighted by Gasteiger charge is 2.43. The van der Waals surface area contributed by atoms with E-state index in [4.69, 9.17) is 4.42 Å². The van der Waals surface area contributed by atoms with Gasteiger partial charge >= 0.3 is 0 Å². The predicted octanol–water partition coefficient (Wildman–Crippen LogP) is 3.39. The molecule has 1 amide bonds. The molecule has 2 aliphatic rings. The largest absolute Gasteiger partial charge is 0.448 e. The Morgan fingerprint density at radius 1 is 1.22 bits per heavy atom. The molecule has 1 aromatic carbocycles. The Morgan fingerprint density at radius 3 is 2.81 bits per heavy atom. The summed E-state index contributed by atoms with van der Waals surface area (Å²) in [6.45, 7) is 5.53. The Balaban J connectivity index is 1.42. The molecule has 0 aliphatic carbocycles. The lowest BCUT2D eigenvalue weighted by Crippen LogP contribution is -2.45. The summed E-state index contributed by atoms with van der Waals surface area (Å²) in [6.07, 6.45) is 4.36. The summed E-state index contributed by atoms with van der Waals surface area (Å²) in [4.78, 5) is 20.9. The van der Waals surface area contributed by atoms with Crippen LogP contribution in [-0.4, -0.2) is 46.9 Å². The Bertz CT molecular complexity index is 854. The van der Waals surface area contributed by atoms with Gasteiger partial charge in [0.05, 0.1) is 0 Å². The van der Waals surface area contributed by atoms with Gasteiger partial charge in [-0.15, -0.1) is 0 Å². The lowest BCUT2D eigenvalue weighted by molar-refractivity contribution is 0.0670. The standard InChI is InChI=1S/C20H23F2N3O2/c1-14-18(23-13-27-14)19(26)25-8-6-20(12-25)5-2-7-24(11-20)10-15-3-4-16(21)17(22)9-15/h3-4,9,13H,2,5-8,10-12H2,1H3. The van der Waals surface area contributed by atoms with Crippen molar-refractivity contribution in [2.24, 2.45) is 5.41 Å². The smallest absolute Gasteiger partial charge is 0.276 e. The van der Waals surface area contributed by atoms with Crippen LogP contribution < -0.4 is 0 Å². The maximum Gasteiger partial charge on any atom is 0.276 e. The van der Waals surface area contributed by atoms with Crippen molar-refractivity contribution in [3.63, 3.8) is 0 Å². The molecule has 2 aromatic rings. The Labute approximate surface area is 157 Å². The second kappa shape index (κ2) is 7.03. The molecule has 2 fully saturated rings. The van der Waals surface area contributed by atoms with Gasteiger partial charge in [0.2, 0.25) is 0 Å². The summed E-state index contributed by atoms with van der Waals surface area (Å²) in [5.74, 6) is -1.15. The normalized spacial score (nSPS) is 23.3. The van der Waals surface area contributed by atoms with Crippen LogP contribution in [-0.2, 0) is 6.54 Å². The van der Waals surface area contributed by atoms with Crippen LogP contribution in [0.15, 0.2) is 29.0 Å². The number of aromatic nitrogens is 1. The third-order valence-electron chi connectivity index (χ3n) is 5.80. The van der Waals surface area contributed by atoms with Gasteiger partial charge in [0.25, 0.3) is 5.91 Å². The molecule has 0 radical (unpaired) electrons. The van der Waals surface area contributed by atoms with E-state index in [1.807, 2.05) is 4.90 Å². The molecule has 144 valence electrons. The Kier molecular flexibility index (Phi) is 4.72. The van der Waals surface area contributed by atoms with Crippen molar-refractivity contribution in [3.05, 3.63) is 53.2 Å². The number of hydrogen-bond acceptors (Lipinski definition) is 4. The molecule has 0 saturated carbocycles. The second-order valence-corrected chi connectivity index (χ2v) is 7.80. The van der Waals surface area contributed by atoms with Gasteiger partial charge in [0.15, 0.2) is 23.7 Å². The van der Waals surface area contributed by atoms with Gasteiger partial charge in [-0.3, -0.25) is 9.69 Å². The number of halogens is 2. The number of carbonyl (C=O) groups is 1. The van der Waals surface area contributed by atoms with E-state index in [-0.39, 0.29) is 11.3 Å². The summed E-state index contributed by atoms with van der Waals surface area (Å²) >= 11 is 0. The number of likely N-dealkylation sites (tertiary alicyclic amines) is 2. The summed E-state index contributed by atoms with van der Waals surface area (Å²) in [6, 6.07) is 4.09. The lowest BCUT2D eigenvalue weighted by atomic mass is 9.79. The predicted molar refractivity (Wildman–Crippen MR) is 95.1 cm³/mol. The van der Waals surface area contributed by atoms with Gasteiger partial charge in [-0.05, 0) is 50.4 Å². The minimum Gasteiger partial charge on any atom is -0.448 e. The van der Waals surface area contributed by atoms with Crippen molar-refractivity contribution >= 4 is 5.91 Å². The number of piperidine rings is 1. The third kappa shape index (κ3) is 3.60. The van der Waals surface area contributed by atoms with Crippen molar-refractivity contribution in [2.45, 2.75) is 32.7 Å². The lowest BCUT2D eigenvalue weighted by Gasteiger charge is -2.40. The van der Waals surface area contributed by atoms with Crippen molar-refractivity contribution in [1.29, 1.82) is 0 Å². The molecule has 1 spiro atoms. The number of aryl methyl sites for hydroxylation is 1. The van der Waals surface area contributed by atoms with E-state index >= 15 is 0 Å². The van der Waals surface area contributed by atoms with Gasteiger partial charge < -0.3 is 9.32 Å². The fraction of sp³-hybridized carbons (Fsp3) is 0.500. The molecule has 3 heterocycles. The zero-order chi connectivity index (χ0) is 19.0. The number of rotatable bonds is 3. The Morgan fingerprint density at radius 2 is 2.07 bits per heavy atom. The van der Waals surface area contributed by atoms with Crippen LogP contribution in [0.2, 0.25) is 0 Å². The quantitative estimate of drug-likeness (QED) is 0.825. The molecule has 1 unspecified atom stereocenters. The number of benzene rings is 1. The van der Waals surface area contributed by atoms with Crippen LogP contribution in [0.3, 0.4) is 0 Å². The average Bonchev–Trinajstić information content (AvgIpc) is 3.24. The minimum absolute atomic E-state index is 0.0596. The minimum atomic E-state index is -0.818. The van der Waals surface area contributed by atoms with Gasteiger partial charge in [0, 0.05) is 31.6 Å². The first-order valence-corrected chi connectivity index (χ1v) is 9.31. The van der Waals surface area contributed by atoms with Crippen molar-refractivity contribution in [1.82, 2.24) is 14.8 Å². The van der Waals surface area contributed by atoms with Crippen molar-refractivity contribution in [3.8, 4) is 0 Å². The molecule has 1 aromatic heterocycles. The van der Waals surface area contributed by atoms with E-state index in [1.54, 1.807) is 13.0 Å². The van der Waals surface area contributed by atoms with E-state index in [9.17, 15) is 13.6 Å². The molecular formula is C20H23F2N3O2. The first-order valence-electron chi connectivity index (χ1n) is 9.31. The van der Waals surface area contributed by atoms with Crippen molar-refractivity contribution < 1.29 is 18.0 Å². The summed E-state index contributed by atoms with van der Waals surface area (Å²) < 4.78 is 31.8. The van der Waals surface area contributed by atoms with Crippen LogP contribution in [0.5, 0.6) is 0 Å². The molecule has 0 bridgehead atoms. The maximum atomic E-state index is 13.5. The van der Waals surface area contributed by atoms with E-state index in [1.165, 1.54) is 18.5 Å². The van der Waals surface area contributed by atoms with Gasteiger partial charge in [0.1, 0.15) is 5.76 Å². The van der Waals surface area contributed by atoms with Crippen molar-refractivity contribution in [2.75, 3.05) is 26.2 Å². The van der Waals surface area contributed by atoms with Crippen LogP contribution in [0, 0.1) is 24.0 Å². The van der Waals surface area contributed by atoms with E-state index in [0.717, 1.165) is 37.9 Å². The zero-order valence-corrected chi connectivity index (χ0v) is 15.4. The molecule has 27 heavy (non-hydrogen) atoms. The SMILES string of the molecule is Cc1ocnc1C(=O)N1CCC2(CCCN(Cc3ccc(F)c(F)c3)C2)C1. The highest BCUT2D eigenvalue weighted by atomic mass is 19.2. The number of nitrogens with zero attached hydrogens (tertiary/aromatic N) is 3. The summed E-state index contributed by atoms with van der Waals surface area (Å²) in [5, 5.41) is 0. The van der Waals surface area contributed by atoms with Crippen LogP contribution in [0.25, 0.3) is 0 Å². The number of oxazole rings is 1. The molecule has 2 aliphatic heterocycles. The third-order valence-corrected chi connectivity index (χ3v) is 5.80. The topological polar surface area (TPSA) is 49.6 Å². The van der Waals surface area contributed by atoms with Gasteiger partial charge in [-0.1, -0.05) is 6.07 Å². The number of hydrogen-bond donors (Lipinski definition) is 0. The van der Waals surface area contributed by atoms with E-state index in [2.05, 4.69) is 9.88 Å². The molecule has 2 saturated heterocycles.